The van der Waals surface area contributed by atoms with Crippen LogP contribution in [0.25, 0.3) is 0 Å². The van der Waals surface area contributed by atoms with Crippen LogP contribution < -0.4 is 0 Å². The summed E-state index contributed by atoms with van der Waals surface area (Å²) in [4.78, 5) is 9.76. The second-order valence-corrected chi connectivity index (χ2v) is 1.89. The van der Waals surface area contributed by atoms with Gasteiger partial charge >= 0.3 is 51.4 Å². The number of hydrogen-bond donors (Lipinski definition) is 0. The molecule has 1 aromatic carbocycles. The van der Waals surface area contributed by atoms with Crippen molar-refractivity contribution in [2.45, 2.75) is 6.61 Å². The summed E-state index contributed by atoms with van der Waals surface area (Å²) in [5.74, 6) is 0. The maximum atomic E-state index is 9.76. The standard InChI is InChI=1S/C8H8O2.K.H/c9-7-10-6-8-4-2-1-3-5-8;;/h1-5,7H,6H2;;. The molecule has 1 rings (SSSR count). The molecule has 2 nitrogen and oxygen atoms in total. The quantitative estimate of drug-likeness (QED) is 0.501. The van der Waals surface area contributed by atoms with E-state index >= 15 is 0 Å². The summed E-state index contributed by atoms with van der Waals surface area (Å²) in [7, 11) is 0. The van der Waals surface area contributed by atoms with Crippen LogP contribution in [0.3, 0.4) is 0 Å². The Kier molecular flexibility index (Phi) is 7.21. The van der Waals surface area contributed by atoms with E-state index in [-0.39, 0.29) is 51.4 Å². The van der Waals surface area contributed by atoms with Gasteiger partial charge in [-0.05, 0) is 5.56 Å². The number of carbonyl (C=O) groups excluding carboxylic acids is 1. The molecule has 0 fully saturated rings. The molecular weight excluding hydrogens is 167 g/mol. The zero-order valence-electron chi connectivity index (χ0n) is 5.49. The third-order valence-corrected chi connectivity index (χ3v) is 1.16. The Morgan fingerprint density at radius 2 is 1.91 bits per heavy atom. The van der Waals surface area contributed by atoms with Crippen molar-refractivity contribution in [3.05, 3.63) is 35.9 Å². The predicted octanol–water partition coefficient (Wildman–Crippen LogP) is 0.711. The average Bonchev–Trinajstić information content (AvgIpc) is 2.03. The SMILES string of the molecule is O=COCc1ccccc1.[KH]. The fraction of sp³-hybridized carbons (Fsp3) is 0.125. The predicted molar refractivity (Wildman–Crippen MR) is 44.4 cm³/mol. The first kappa shape index (κ1) is 11.3. The van der Waals surface area contributed by atoms with E-state index in [1.807, 2.05) is 30.3 Å². The van der Waals surface area contributed by atoms with Crippen molar-refractivity contribution in [2.75, 3.05) is 0 Å². The Morgan fingerprint density at radius 1 is 1.27 bits per heavy atom. The van der Waals surface area contributed by atoms with Crippen LogP contribution in [0.15, 0.2) is 30.3 Å². The Balaban J connectivity index is 0.000001000. The Morgan fingerprint density at radius 3 is 2.45 bits per heavy atom. The summed E-state index contributed by atoms with van der Waals surface area (Å²) >= 11 is 0. The van der Waals surface area contributed by atoms with Crippen LogP contribution >= 0.6 is 0 Å². The molecule has 0 atom stereocenters. The van der Waals surface area contributed by atoms with Gasteiger partial charge in [0.2, 0.25) is 0 Å². The molecule has 0 unspecified atom stereocenters. The normalized spacial score (nSPS) is 8.00. The van der Waals surface area contributed by atoms with Gasteiger partial charge < -0.3 is 4.74 Å². The number of ether oxygens (including phenoxy) is 1. The maximum absolute atomic E-state index is 9.76. The van der Waals surface area contributed by atoms with Gasteiger partial charge in [-0.15, -0.1) is 0 Å². The van der Waals surface area contributed by atoms with E-state index in [4.69, 9.17) is 0 Å². The summed E-state index contributed by atoms with van der Waals surface area (Å²) < 4.78 is 4.54. The van der Waals surface area contributed by atoms with Crippen molar-refractivity contribution in [3.63, 3.8) is 0 Å². The van der Waals surface area contributed by atoms with Crippen LogP contribution in [0.5, 0.6) is 0 Å². The van der Waals surface area contributed by atoms with Crippen LogP contribution in [-0.4, -0.2) is 57.9 Å². The van der Waals surface area contributed by atoms with Gasteiger partial charge in [-0.3, -0.25) is 4.79 Å². The minimum atomic E-state index is 0. The number of benzene rings is 1. The summed E-state index contributed by atoms with van der Waals surface area (Å²) in [5, 5.41) is 0. The van der Waals surface area contributed by atoms with Gasteiger partial charge in [-0.1, -0.05) is 30.3 Å². The zero-order chi connectivity index (χ0) is 7.23. The summed E-state index contributed by atoms with van der Waals surface area (Å²) in [6, 6.07) is 9.55. The average molecular weight is 176 g/mol. The van der Waals surface area contributed by atoms with Crippen molar-refractivity contribution >= 4 is 57.9 Å². The zero-order valence-corrected chi connectivity index (χ0v) is 5.49. The van der Waals surface area contributed by atoms with Crippen LogP contribution in [0.1, 0.15) is 5.56 Å². The van der Waals surface area contributed by atoms with Gasteiger partial charge in [-0.2, -0.15) is 0 Å². The monoisotopic (exact) mass is 176 g/mol. The van der Waals surface area contributed by atoms with E-state index in [2.05, 4.69) is 4.74 Å². The molecule has 0 aliphatic heterocycles. The van der Waals surface area contributed by atoms with E-state index in [1.165, 1.54) is 0 Å². The molecule has 0 amide bonds. The van der Waals surface area contributed by atoms with Crippen molar-refractivity contribution in [1.29, 1.82) is 0 Å². The van der Waals surface area contributed by atoms with Crippen molar-refractivity contribution in [2.24, 2.45) is 0 Å². The Labute approximate surface area is 108 Å². The van der Waals surface area contributed by atoms with Gasteiger partial charge in [0, 0.05) is 0 Å². The first-order valence-corrected chi connectivity index (χ1v) is 3.02. The fourth-order valence-corrected chi connectivity index (χ4v) is 0.704. The van der Waals surface area contributed by atoms with Gasteiger partial charge in [0.05, 0.1) is 0 Å². The third kappa shape index (κ3) is 4.71. The van der Waals surface area contributed by atoms with Crippen LogP contribution in [0.4, 0.5) is 0 Å². The Hall–Kier alpha value is 0.326. The van der Waals surface area contributed by atoms with Crippen molar-refractivity contribution < 1.29 is 9.53 Å². The molecule has 0 saturated carbocycles. The van der Waals surface area contributed by atoms with Gasteiger partial charge in [0.25, 0.3) is 6.47 Å². The van der Waals surface area contributed by atoms with Crippen LogP contribution in [0.2, 0.25) is 0 Å². The molecule has 3 heteroatoms. The molecule has 0 radical (unpaired) electrons. The molecule has 11 heavy (non-hydrogen) atoms. The first-order valence-electron chi connectivity index (χ1n) is 3.02. The molecule has 0 aromatic heterocycles. The first-order chi connectivity index (χ1) is 4.93. The molecule has 0 aliphatic carbocycles. The van der Waals surface area contributed by atoms with Gasteiger partial charge in [0.15, 0.2) is 0 Å². The topological polar surface area (TPSA) is 26.3 Å². The summed E-state index contributed by atoms with van der Waals surface area (Å²) in [5.41, 5.74) is 1.01. The van der Waals surface area contributed by atoms with Gasteiger partial charge in [-0.25, -0.2) is 0 Å². The second kappa shape index (κ2) is 7.00. The molecule has 0 N–H and O–H groups in total. The van der Waals surface area contributed by atoms with Gasteiger partial charge in [0.1, 0.15) is 6.61 Å². The van der Waals surface area contributed by atoms with E-state index in [9.17, 15) is 4.79 Å². The molecule has 0 heterocycles. The van der Waals surface area contributed by atoms with Crippen LogP contribution in [0, 0.1) is 0 Å². The van der Waals surface area contributed by atoms with E-state index < -0.39 is 0 Å². The molecule has 0 spiro atoms. The fourth-order valence-electron chi connectivity index (χ4n) is 0.704. The molecule has 0 saturated heterocycles. The van der Waals surface area contributed by atoms with E-state index in [1.54, 1.807) is 0 Å². The van der Waals surface area contributed by atoms with Crippen molar-refractivity contribution in [1.82, 2.24) is 0 Å². The van der Waals surface area contributed by atoms with Crippen molar-refractivity contribution in [3.8, 4) is 0 Å². The molecule has 0 aliphatic rings. The minimum absolute atomic E-state index is 0. The molecule has 54 valence electrons. The Bertz CT molecular complexity index is 199. The summed E-state index contributed by atoms with van der Waals surface area (Å²) in [6.07, 6.45) is 0. The molecule has 1 aromatic rings. The number of carbonyl (C=O) groups is 1. The second-order valence-electron chi connectivity index (χ2n) is 1.89. The third-order valence-electron chi connectivity index (χ3n) is 1.16. The summed E-state index contributed by atoms with van der Waals surface area (Å²) in [6.45, 7) is 0.817. The number of hydrogen-bond acceptors (Lipinski definition) is 2. The van der Waals surface area contributed by atoms with E-state index in [0.717, 1.165) is 5.56 Å². The van der Waals surface area contributed by atoms with E-state index in [0.29, 0.717) is 13.1 Å². The van der Waals surface area contributed by atoms with Crippen LogP contribution in [-0.2, 0) is 16.1 Å². The number of rotatable bonds is 3. The molecular formula is C8H9KO2. The molecule has 0 bridgehead atoms.